The van der Waals surface area contributed by atoms with Crippen molar-refractivity contribution in [1.29, 1.82) is 0 Å². The van der Waals surface area contributed by atoms with Gasteiger partial charge in [-0.05, 0) is 13.8 Å². The summed E-state index contributed by atoms with van der Waals surface area (Å²) in [6.07, 6.45) is 0. The molecule has 1 radical (unpaired) electrons. The van der Waals surface area contributed by atoms with Crippen LogP contribution in [0.3, 0.4) is 0 Å². The fourth-order valence-electron chi connectivity index (χ4n) is 0. The van der Waals surface area contributed by atoms with Gasteiger partial charge >= 0.3 is 0 Å². The minimum absolute atomic E-state index is 0. The van der Waals surface area contributed by atoms with Gasteiger partial charge in [0.25, 0.3) is 0 Å². The van der Waals surface area contributed by atoms with Gasteiger partial charge in [-0.15, -0.1) is 0 Å². The second kappa shape index (κ2) is 9.64. The number of ketones is 1. The predicted molar refractivity (Wildman–Crippen MR) is 26.3 cm³/mol. The van der Waals surface area contributed by atoms with Crippen LogP contribution in [0.4, 0.5) is 0 Å². The van der Waals surface area contributed by atoms with Crippen LogP contribution in [0.25, 0.3) is 0 Å². The number of Topliss-reactive ketones (excluding diaryl/α,β-unsaturated/α-hetero) is 1. The van der Waals surface area contributed by atoms with Crippen molar-refractivity contribution in [2.24, 2.45) is 0 Å². The molecule has 0 aliphatic rings. The first-order valence-electron chi connectivity index (χ1n) is 1.20. The average Bonchev–Trinajstić information content (AvgIpc) is 0.811. The van der Waals surface area contributed by atoms with Crippen LogP contribution in [0.15, 0.2) is 0 Å². The van der Waals surface area contributed by atoms with E-state index in [0.29, 0.717) is 0 Å². The first-order chi connectivity index (χ1) is 1.73. The summed E-state index contributed by atoms with van der Waals surface area (Å²) < 4.78 is 0. The average molecular weight is 227 g/mol. The van der Waals surface area contributed by atoms with Crippen molar-refractivity contribution in [3.8, 4) is 0 Å². The zero-order chi connectivity index (χ0) is 3.58. The van der Waals surface area contributed by atoms with Crippen LogP contribution < -0.4 is 0 Å². The van der Waals surface area contributed by atoms with E-state index in [9.17, 15) is 4.79 Å². The Labute approximate surface area is 76.6 Å². The van der Waals surface area contributed by atoms with E-state index < -0.39 is 0 Å². The molecular weight excluding hydrogens is 218 g/mol. The van der Waals surface area contributed by atoms with Gasteiger partial charge < -0.3 is 4.79 Å². The SMILES string of the molecule is CC(C)=O.[AlH3].[La]. The van der Waals surface area contributed by atoms with E-state index in [1.54, 1.807) is 0 Å². The fraction of sp³-hybridized carbons (Fsp3) is 0.667. The first kappa shape index (κ1) is 15.7. The van der Waals surface area contributed by atoms with E-state index in [4.69, 9.17) is 0 Å². The minimum atomic E-state index is 0. The molecule has 0 aromatic rings. The Morgan fingerprint density at radius 3 is 1.33 bits per heavy atom. The molecule has 0 aromatic carbocycles. The van der Waals surface area contributed by atoms with Crippen molar-refractivity contribution in [2.75, 3.05) is 0 Å². The number of rotatable bonds is 0. The van der Waals surface area contributed by atoms with E-state index in [1.807, 2.05) is 0 Å². The standard InChI is InChI=1S/C3H6O.Al.La.3H/c1-3(2)4;;;;;/h1-2H3;;;;;. The van der Waals surface area contributed by atoms with Gasteiger partial charge in [0.05, 0.1) is 0 Å². The van der Waals surface area contributed by atoms with Crippen LogP contribution in [0.2, 0.25) is 0 Å². The molecule has 0 heterocycles. The summed E-state index contributed by atoms with van der Waals surface area (Å²) in [5.74, 6) is 0.167. The van der Waals surface area contributed by atoms with Crippen molar-refractivity contribution < 1.29 is 40.4 Å². The topological polar surface area (TPSA) is 17.1 Å². The van der Waals surface area contributed by atoms with Gasteiger partial charge in [-0.1, -0.05) is 0 Å². The van der Waals surface area contributed by atoms with Crippen LogP contribution in [-0.2, 0) is 4.79 Å². The quantitative estimate of drug-likeness (QED) is 0.505. The Balaban J connectivity index is -0.0000000450. The second-order valence-electron chi connectivity index (χ2n) is 0.908. The molecule has 0 rings (SSSR count). The summed E-state index contributed by atoms with van der Waals surface area (Å²) >= 11 is 0. The molecular formula is C3H9AlLaO. The second-order valence-corrected chi connectivity index (χ2v) is 0.908. The van der Waals surface area contributed by atoms with Gasteiger partial charge in [-0.25, -0.2) is 0 Å². The van der Waals surface area contributed by atoms with Gasteiger partial charge in [-0.2, -0.15) is 0 Å². The van der Waals surface area contributed by atoms with Gasteiger partial charge in [0.1, 0.15) is 5.78 Å². The molecule has 0 unspecified atom stereocenters. The molecule has 0 aliphatic heterocycles. The predicted octanol–water partition coefficient (Wildman–Crippen LogP) is -0.589. The third-order valence-corrected chi connectivity index (χ3v) is 0. The summed E-state index contributed by atoms with van der Waals surface area (Å²) in [4.78, 5) is 9.44. The van der Waals surface area contributed by atoms with Crippen molar-refractivity contribution >= 4 is 23.1 Å². The maximum absolute atomic E-state index is 9.44. The van der Waals surface area contributed by atoms with Gasteiger partial charge in [-0.3, -0.25) is 0 Å². The molecule has 0 atom stereocenters. The molecule has 6 heavy (non-hydrogen) atoms. The van der Waals surface area contributed by atoms with Crippen molar-refractivity contribution in [1.82, 2.24) is 0 Å². The Morgan fingerprint density at radius 1 is 1.33 bits per heavy atom. The van der Waals surface area contributed by atoms with E-state index in [2.05, 4.69) is 0 Å². The molecule has 0 saturated carbocycles. The molecule has 0 N–H and O–H groups in total. The molecule has 0 aromatic heterocycles. The molecule has 33 valence electrons. The van der Waals surface area contributed by atoms with Crippen molar-refractivity contribution in [3.63, 3.8) is 0 Å². The Kier molecular flexibility index (Phi) is 25.1. The fourth-order valence-corrected chi connectivity index (χ4v) is 0. The zero-order valence-corrected chi connectivity index (χ0v) is 7.11. The Morgan fingerprint density at radius 2 is 1.33 bits per heavy atom. The third-order valence-electron chi connectivity index (χ3n) is 0. The monoisotopic (exact) mass is 227 g/mol. The van der Waals surface area contributed by atoms with Crippen LogP contribution in [0.5, 0.6) is 0 Å². The van der Waals surface area contributed by atoms with E-state index in [0.717, 1.165) is 0 Å². The third kappa shape index (κ3) is 53.5. The summed E-state index contributed by atoms with van der Waals surface area (Å²) in [5, 5.41) is 0. The van der Waals surface area contributed by atoms with Crippen LogP contribution in [0, 0.1) is 35.6 Å². The molecule has 0 saturated heterocycles. The molecule has 0 bridgehead atoms. The first-order valence-corrected chi connectivity index (χ1v) is 1.20. The van der Waals surface area contributed by atoms with Crippen LogP contribution in [-0.4, -0.2) is 23.1 Å². The maximum atomic E-state index is 9.44. The molecule has 1 nitrogen and oxygen atoms in total. The summed E-state index contributed by atoms with van der Waals surface area (Å²) in [6, 6.07) is 0. The number of carbonyl (C=O) groups is 1. The van der Waals surface area contributed by atoms with Crippen LogP contribution >= 0.6 is 0 Å². The summed E-state index contributed by atoms with van der Waals surface area (Å²) in [5.41, 5.74) is 0. The van der Waals surface area contributed by atoms with Crippen LogP contribution in [0.1, 0.15) is 13.8 Å². The van der Waals surface area contributed by atoms with E-state index in [1.165, 1.54) is 13.8 Å². The zero-order valence-electron chi connectivity index (χ0n) is 3.49. The molecule has 0 aliphatic carbocycles. The van der Waals surface area contributed by atoms with E-state index >= 15 is 0 Å². The molecule has 0 fully saturated rings. The Hall–Kier alpha value is 1.40. The molecule has 3 heteroatoms. The molecule has 0 amide bonds. The number of hydrogen-bond donors (Lipinski definition) is 0. The van der Waals surface area contributed by atoms with Crippen molar-refractivity contribution in [2.45, 2.75) is 13.8 Å². The Bertz CT molecular complexity index is 33.8. The van der Waals surface area contributed by atoms with Gasteiger partial charge in [0, 0.05) is 35.6 Å². The van der Waals surface area contributed by atoms with E-state index in [-0.39, 0.29) is 58.7 Å². The smallest absolute Gasteiger partial charge is 0.187 e. The number of hydrogen-bond acceptors (Lipinski definition) is 1. The summed E-state index contributed by atoms with van der Waals surface area (Å²) in [6.45, 7) is 3.06. The normalized spacial score (nSPS) is 4.33. The van der Waals surface area contributed by atoms with Crippen molar-refractivity contribution in [3.05, 3.63) is 0 Å². The maximum Gasteiger partial charge on any atom is 0.187 e. The minimum Gasteiger partial charge on any atom is -0.300 e. The summed E-state index contributed by atoms with van der Waals surface area (Å²) in [7, 11) is 0. The largest absolute Gasteiger partial charge is 0.300 e. The van der Waals surface area contributed by atoms with Gasteiger partial charge in [0.2, 0.25) is 0 Å². The number of carbonyl (C=O) groups excluding carboxylic acids is 1. The molecule has 0 spiro atoms. The van der Waals surface area contributed by atoms with Gasteiger partial charge in [0.15, 0.2) is 17.4 Å².